The van der Waals surface area contributed by atoms with Crippen LogP contribution in [0.2, 0.25) is 0 Å². The van der Waals surface area contributed by atoms with Gasteiger partial charge in [-0.05, 0) is 0 Å². The summed E-state index contributed by atoms with van der Waals surface area (Å²) in [6.07, 6.45) is 0.418. The standard InChI is InChI=1S/C6H14N4O/c1-2-5(11)4(7)3-10-6(8)9/h4H,2-3,7H2,1H3,(H4,8,9,10)/t4-/m0/s1. The maximum atomic E-state index is 10.8. The molecule has 6 N–H and O–H groups in total. The summed E-state index contributed by atoms with van der Waals surface area (Å²) in [5, 5.41) is 0. The van der Waals surface area contributed by atoms with E-state index >= 15 is 0 Å². The first kappa shape index (κ1) is 9.90. The zero-order chi connectivity index (χ0) is 8.85. The smallest absolute Gasteiger partial charge is 0.185 e. The molecule has 0 aromatic heterocycles. The number of guanidine groups is 1. The fourth-order valence-electron chi connectivity index (χ4n) is 0.568. The molecule has 5 nitrogen and oxygen atoms in total. The third-order valence-electron chi connectivity index (χ3n) is 1.23. The van der Waals surface area contributed by atoms with E-state index in [4.69, 9.17) is 17.2 Å². The second kappa shape index (κ2) is 4.68. The van der Waals surface area contributed by atoms with Gasteiger partial charge < -0.3 is 17.2 Å². The second-order valence-electron chi connectivity index (χ2n) is 2.19. The highest BCUT2D eigenvalue weighted by molar-refractivity contribution is 5.84. The van der Waals surface area contributed by atoms with Gasteiger partial charge in [-0.15, -0.1) is 0 Å². The summed E-state index contributed by atoms with van der Waals surface area (Å²) >= 11 is 0. The SMILES string of the molecule is CCC(=O)[C@@H](N)CN=C(N)N. The topological polar surface area (TPSA) is 107 Å². The number of aliphatic imine (C=N–C) groups is 1. The molecule has 1 atom stereocenters. The molecule has 0 saturated heterocycles. The van der Waals surface area contributed by atoms with Gasteiger partial charge in [0.05, 0.1) is 12.6 Å². The van der Waals surface area contributed by atoms with Gasteiger partial charge in [0.15, 0.2) is 11.7 Å². The average Bonchev–Trinajstić information content (AvgIpc) is 1.98. The quantitative estimate of drug-likeness (QED) is 0.344. The Morgan fingerprint density at radius 3 is 2.45 bits per heavy atom. The van der Waals surface area contributed by atoms with Crippen LogP contribution >= 0.6 is 0 Å². The minimum Gasteiger partial charge on any atom is -0.370 e. The van der Waals surface area contributed by atoms with Crippen LogP contribution in [0.1, 0.15) is 13.3 Å². The lowest BCUT2D eigenvalue weighted by Gasteiger charge is -2.04. The van der Waals surface area contributed by atoms with Gasteiger partial charge in [0.1, 0.15) is 0 Å². The minimum absolute atomic E-state index is 0.0324. The van der Waals surface area contributed by atoms with Crippen molar-refractivity contribution in [3.8, 4) is 0 Å². The summed E-state index contributed by atoms with van der Waals surface area (Å²) in [7, 11) is 0. The molecule has 0 bridgehead atoms. The molecule has 0 aliphatic carbocycles. The van der Waals surface area contributed by atoms with E-state index in [0.717, 1.165) is 0 Å². The van der Waals surface area contributed by atoms with Gasteiger partial charge in [-0.25, -0.2) is 0 Å². The van der Waals surface area contributed by atoms with Crippen LogP contribution in [-0.4, -0.2) is 24.3 Å². The summed E-state index contributed by atoms with van der Waals surface area (Å²) in [6.45, 7) is 1.92. The molecule has 0 saturated carbocycles. The van der Waals surface area contributed by atoms with Crippen molar-refractivity contribution in [3.63, 3.8) is 0 Å². The monoisotopic (exact) mass is 158 g/mol. The molecule has 0 aromatic carbocycles. The summed E-state index contributed by atoms with van der Waals surface area (Å²) in [5.74, 6) is -0.0700. The Bertz CT molecular complexity index is 162. The number of Topliss-reactive ketones (excluding diaryl/α,β-unsaturated/α-hetero) is 1. The normalized spacial score (nSPS) is 12.2. The summed E-state index contributed by atoms with van der Waals surface area (Å²) < 4.78 is 0. The van der Waals surface area contributed by atoms with E-state index in [9.17, 15) is 4.79 Å². The molecule has 0 aromatic rings. The minimum atomic E-state index is -0.568. The van der Waals surface area contributed by atoms with E-state index in [1.807, 2.05) is 0 Å². The maximum absolute atomic E-state index is 10.8. The van der Waals surface area contributed by atoms with Gasteiger partial charge in [0, 0.05) is 6.42 Å². The molecule has 0 aliphatic rings. The van der Waals surface area contributed by atoms with Gasteiger partial charge >= 0.3 is 0 Å². The van der Waals surface area contributed by atoms with Crippen LogP contribution in [0, 0.1) is 0 Å². The lowest BCUT2D eigenvalue weighted by atomic mass is 10.1. The Morgan fingerprint density at radius 1 is 1.55 bits per heavy atom. The van der Waals surface area contributed by atoms with Crippen molar-refractivity contribution >= 4 is 11.7 Å². The molecule has 5 heteroatoms. The number of rotatable bonds is 4. The second-order valence-corrected chi connectivity index (χ2v) is 2.19. The predicted octanol–water partition coefficient (Wildman–Crippen LogP) is -1.43. The molecule has 0 fully saturated rings. The molecule has 0 rings (SSSR count). The molecule has 0 radical (unpaired) electrons. The first-order chi connectivity index (χ1) is 5.07. The first-order valence-electron chi connectivity index (χ1n) is 3.41. The fraction of sp³-hybridized carbons (Fsp3) is 0.667. The zero-order valence-electron chi connectivity index (χ0n) is 6.58. The van der Waals surface area contributed by atoms with Crippen molar-refractivity contribution < 1.29 is 4.79 Å². The Morgan fingerprint density at radius 2 is 2.09 bits per heavy atom. The van der Waals surface area contributed by atoms with Crippen molar-refractivity contribution in [1.82, 2.24) is 0 Å². The number of nitrogens with zero attached hydrogens (tertiary/aromatic N) is 1. The number of hydrogen-bond donors (Lipinski definition) is 3. The molecule has 0 amide bonds. The van der Waals surface area contributed by atoms with Gasteiger partial charge in [0.25, 0.3) is 0 Å². The highest BCUT2D eigenvalue weighted by atomic mass is 16.1. The maximum Gasteiger partial charge on any atom is 0.185 e. The Balaban J connectivity index is 3.78. The Labute approximate surface area is 65.6 Å². The van der Waals surface area contributed by atoms with Gasteiger partial charge in [-0.3, -0.25) is 9.79 Å². The Hall–Kier alpha value is -1.10. The molecule has 64 valence electrons. The lowest BCUT2D eigenvalue weighted by molar-refractivity contribution is -0.119. The van der Waals surface area contributed by atoms with Crippen LogP contribution in [0.3, 0.4) is 0 Å². The molecular weight excluding hydrogens is 144 g/mol. The summed E-state index contributed by atoms with van der Waals surface area (Å²) in [6, 6.07) is -0.568. The largest absolute Gasteiger partial charge is 0.370 e. The predicted molar refractivity (Wildman–Crippen MR) is 44.0 cm³/mol. The highest BCUT2D eigenvalue weighted by Gasteiger charge is 2.09. The van der Waals surface area contributed by atoms with Crippen LogP contribution < -0.4 is 17.2 Å². The van der Waals surface area contributed by atoms with Gasteiger partial charge in [-0.1, -0.05) is 6.92 Å². The van der Waals surface area contributed by atoms with E-state index in [2.05, 4.69) is 4.99 Å². The Kier molecular flexibility index (Phi) is 4.21. The third kappa shape index (κ3) is 4.32. The lowest BCUT2D eigenvalue weighted by Crippen LogP contribution is -2.35. The van der Waals surface area contributed by atoms with Gasteiger partial charge in [0.2, 0.25) is 0 Å². The highest BCUT2D eigenvalue weighted by Crippen LogP contribution is 1.87. The third-order valence-corrected chi connectivity index (χ3v) is 1.23. The van der Waals surface area contributed by atoms with E-state index in [0.29, 0.717) is 6.42 Å². The van der Waals surface area contributed by atoms with E-state index in [1.165, 1.54) is 0 Å². The van der Waals surface area contributed by atoms with Crippen LogP contribution in [0.25, 0.3) is 0 Å². The molecule has 11 heavy (non-hydrogen) atoms. The number of hydrogen-bond acceptors (Lipinski definition) is 3. The fourth-order valence-corrected chi connectivity index (χ4v) is 0.568. The van der Waals surface area contributed by atoms with Crippen LogP contribution in [0.4, 0.5) is 0 Å². The van der Waals surface area contributed by atoms with Crippen LogP contribution in [0.15, 0.2) is 4.99 Å². The summed E-state index contributed by atoms with van der Waals surface area (Å²) in [4.78, 5) is 14.5. The van der Waals surface area contributed by atoms with E-state index in [1.54, 1.807) is 6.92 Å². The number of carbonyl (C=O) groups is 1. The summed E-state index contributed by atoms with van der Waals surface area (Å²) in [5.41, 5.74) is 15.5. The van der Waals surface area contributed by atoms with Gasteiger partial charge in [-0.2, -0.15) is 0 Å². The molecule has 0 aliphatic heterocycles. The molecule has 0 unspecified atom stereocenters. The van der Waals surface area contributed by atoms with Crippen LogP contribution in [-0.2, 0) is 4.79 Å². The van der Waals surface area contributed by atoms with Crippen molar-refractivity contribution in [2.24, 2.45) is 22.2 Å². The number of nitrogens with two attached hydrogens (primary N) is 3. The van der Waals surface area contributed by atoms with Crippen molar-refractivity contribution in [2.75, 3.05) is 6.54 Å². The van der Waals surface area contributed by atoms with Crippen molar-refractivity contribution in [1.29, 1.82) is 0 Å². The van der Waals surface area contributed by atoms with Crippen molar-refractivity contribution in [2.45, 2.75) is 19.4 Å². The van der Waals surface area contributed by atoms with E-state index < -0.39 is 6.04 Å². The molecule has 0 spiro atoms. The first-order valence-corrected chi connectivity index (χ1v) is 3.41. The molecule has 0 heterocycles. The van der Waals surface area contributed by atoms with Crippen molar-refractivity contribution in [3.05, 3.63) is 0 Å². The molecular formula is C6H14N4O. The number of carbonyl (C=O) groups excluding carboxylic acids is 1. The van der Waals surface area contributed by atoms with E-state index in [-0.39, 0.29) is 18.3 Å². The van der Waals surface area contributed by atoms with Crippen LogP contribution in [0.5, 0.6) is 0 Å². The number of ketones is 1. The average molecular weight is 158 g/mol. The zero-order valence-corrected chi connectivity index (χ0v) is 6.58.